The third-order valence-corrected chi connectivity index (χ3v) is 2.78. The Bertz CT molecular complexity index is 356. The summed E-state index contributed by atoms with van der Waals surface area (Å²) in [7, 11) is 2.05. The summed E-state index contributed by atoms with van der Waals surface area (Å²) in [6, 6.07) is 3.20. The Balaban J connectivity index is 2.02. The minimum Gasteiger partial charge on any atom is -0.440 e. The van der Waals surface area contributed by atoms with Crippen LogP contribution in [0.1, 0.15) is 10.6 Å². The fourth-order valence-corrected chi connectivity index (χ4v) is 1.74. The van der Waals surface area contributed by atoms with E-state index in [0.29, 0.717) is 5.76 Å². The first-order valence-corrected chi connectivity index (χ1v) is 5.28. The zero-order valence-corrected chi connectivity index (χ0v) is 9.33. The monoisotopic (exact) mass is 228 g/mol. The normalized spacial score (nSPS) is 18.1. The largest absolute Gasteiger partial charge is 0.440 e. The van der Waals surface area contributed by atoms with Crippen LogP contribution < -0.4 is 0 Å². The van der Waals surface area contributed by atoms with Gasteiger partial charge in [0.05, 0.1) is 0 Å². The Hall–Kier alpha value is -1.00. The molecule has 1 amide bonds. The van der Waals surface area contributed by atoms with Crippen LogP contribution in [0.2, 0.25) is 5.22 Å². The maximum absolute atomic E-state index is 11.9. The van der Waals surface area contributed by atoms with Gasteiger partial charge < -0.3 is 14.2 Å². The lowest BCUT2D eigenvalue weighted by molar-refractivity contribution is 0.0632. The SMILES string of the molecule is CN1CCN(C(=O)c2ccc(Cl)o2)CC1. The van der Waals surface area contributed by atoms with Crippen molar-refractivity contribution in [3.8, 4) is 0 Å². The summed E-state index contributed by atoms with van der Waals surface area (Å²) in [5, 5.41) is 0.257. The molecule has 1 aromatic rings. The van der Waals surface area contributed by atoms with Crippen molar-refractivity contribution in [2.24, 2.45) is 0 Å². The van der Waals surface area contributed by atoms with E-state index in [2.05, 4.69) is 4.90 Å². The molecule has 5 heteroatoms. The van der Waals surface area contributed by atoms with Gasteiger partial charge in [0.1, 0.15) is 0 Å². The molecule has 4 nitrogen and oxygen atoms in total. The van der Waals surface area contributed by atoms with Crippen molar-refractivity contribution >= 4 is 17.5 Å². The Morgan fingerprint density at radius 1 is 1.33 bits per heavy atom. The molecule has 1 saturated heterocycles. The second kappa shape index (κ2) is 4.24. The average molecular weight is 229 g/mol. The Morgan fingerprint density at radius 3 is 2.53 bits per heavy atom. The number of nitrogens with zero attached hydrogens (tertiary/aromatic N) is 2. The van der Waals surface area contributed by atoms with Crippen LogP contribution in [0.25, 0.3) is 0 Å². The van der Waals surface area contributed by atoms with Crippen LogP contribution >= 0.6 is 11.6 Å². The summed E-state index contributed by atoms with van der Waals surface area (Å²) in [5.41, 5.74) is 0. The van der Waals surface area contributed by atoms with Gasteiger partial charge in [0.2, 0.25) is 0 Å². The molecule has 15 heavy (non-hydrogen) atoms. The minimum absolute atomic E-state index is 0.0741. The lowest BCUT2D eigenvalue weighted by Gasteiger charge is -2.31. The second-order valence-electron chi connectivity index (χ2n) is 3.70. The number of piperazine rings is 1. The highest BCUT2D eigenvalue weighted by atomic mass is 35.5. The second-order valence-corrected chi connectivity index (χ2v) is 4.07. The molecule has 0 unspecified atom stereocenters. The molecule has 0 radical (unpaired) electrons. The molecular formula is C10H13ClN2O2. The van der Waals surface area contributed by atoms with Gasteiger partial charge in [0.25, 0.3) is 5.91 Å². The first kappa shape index (κ1) is 10.5. The molecule has 2 heterocycles. The molecule has 2 rings (SSSR count). The summed E-state index contributed by atoms with van der Waals surface area (Å²) in [6.07, 6.45) is 0. The molecule has 1 fully saturated rings. The van der Waals surface area contributed by atoms with E-state index in [4.69, 9.17) is 16.0 Å². The van der Waals surface area contributed by atoms with E-state index in [1.165, 1.54) is 0 Å². The van der Waals surface area contributed by atoms with Crippen LogP contribution in [-0.2, 0) is 0 Å². The summed E-state index contributed by atoms with van der Waals surface area (Å²) >= 11 is 5.62. The number of furan rings is 1. The number of hydrogen-bond acceptors (Lipinski definition) is 3. The van der Waals surface area contributed by atoms with Gasteiger partial charge in [0, 0.05) is 26.2 Å². The molecule has 1 aliphatic rings. The molecule has 0 atom stereocenters. The van der Waals surface area contributed by atoms with Gasteiger partial charge in [-0.25, -0.2) is 0 Å². The topological polar surface area (TPSA) is 36.7 Å². The third kappa shape index (κ3) is 2.33. The van der Waals surface area contributed by atoms with Crippen molar-refractivity contribution in [2.45, 2.75) is 0 Å². The van der Waals surface area contributed by atoms with Gasteiger partial charge >= 0.3 is 0 Å². The Morgan fingerprint density at radius 2 is 2.00 bits per heavy atom. The summed E-state index contributed by atoms with van der Waals surface area (Å²) in [5.74, 6) is 0.250. The first-order chi connectivity index (χ1) is 7.16. The van der Waals surface area contributed by atoms with Crippen molar-refractivity contribution in [2.75, 3.05) is 33.2 Å². The van der Waals surface area contributed by atoms with Gasteiger partial charge in [-0.1, -0.05) is 0 Å². The highest BCUT2D eigenvalue weighted by Gasteiger charge is 2.22. The molecule has 0 spiro atoms. The van der Waals surface area contributed by atoms with E-state index in [0.717, 1.165) is 26.2 Å². The van der Waals surface area contributed by atoms with Gasteiger partial charge in [0.15, 0.2) is 11.0 Å². The molecule has 0 aliphatic carbocycles. The molecule has 1 aliphatic heterocycles. The van der Waals surface area contributed by atoms with Crippen molar-refractivity contribution in [3.63, 3.8) is 0 Å². The molecule has 82 valence electrons. The lowest BCUT2D eigenvalue weighted by atomic mass is 10.3. The van der Waals surface area contributed by atoms with Crippen LogP contribution in [-0.4, -0.2) is 48.9 Å². The van der Waals surface area contributed by atoms with Crippen molar-refractivity contribution in [1.29, 1.82) is 0 Å². The molecular weight excluding hydrogens is 216 g/mol. The minimum atomic E-state index is -0.0741. The number of carbonyl (C=O) groups is 1. The highest BCUT2D eigenvalue weighted by Crippen LogP contribution is 2.15. The molecule has 0 bridgehead atoms. The predicted molar refractivity (Wildman–Crippen MR) is 57.1 cm³/mol. The van der Waals surface area contributed by atoms with Crippen molar-refractivity contribution in [1.82, 2.24) is 9.80 Å². The standard InChI is InChI=1S/C10H13ClN2O2/c1-12-4-6-13(7-5-12)10(14)8-2-3-9(11)15-8/h2-3H,4-7H2,1H3. The number of likely N-dealkylation sites (N-methyl/N-ethyl adjacent to an activating group) is 1. The van der Waals surface area contributed by atoms with E-state index in [-0.39, 0.29) is 11.1 Å². The summed E-state index contributed by atoms with van der Waals surface area (Å²) < 4.78 is 5.09. The average Bonchev–Trinajstić information content (AvgIpc) is 2.65. The maximum Gasteiger partial charge on any atom is 0.289 e. The van der Waals surface area contributed by atoms with Gasteiger partial charge in [-0.2, -0.15) is 0 Å². The number of amides is 1. The van der Waals surface area contributed by atoms with E-state index in [1.807, 2.05) is 7.05 Å². The number of halogens is 1. The quantitative estimate of drug-likeness (QED) is 0.728. The van der Waals surface area contributed by atoms with Crippen LogP contribution in [0.5, 0.6) is 0 Å². The maximum atomic E-state index is 11.9. The third-order valence-electron chi connectivity index (χ3n) is 2.57. The van der Waals surface area contributed by atoms with E-state index >= 15 is 0 Å². The zero-order valence-electron chi connectivity index (χ0n) is 8.57. The molecule has 0 saturated carbocycles. The van der Waals surface area contributed by atoms with E-state index in [9.17, 15) is 4.79 Å². The van der Waals surface area contributed by atoms with Crippen molar-refractivity contribution in [3.05, 3.63) is 23.1 Å². The van der Waals surface area contributed by atoms with Gasteiger partial charge in [-0.3, -0.25) is 4.79 Å². The van der Waals surface area contributed by atoms with Gasteiger partial charge in [-0.05, 0) is 30.8 Å². The van der Waals surface area contributed by atoms with Crippen LogP contribution in [0, 0.1) is 0 Å². The Labute approximate surface area is 93.4 Å². The number of rotatable bonds is 1. The molecule has 0 N–H and O–H groups in total. The zero-order chi connectivity index (χ0) is 10.8. The van der Waals surface area contributed by atoms with Crippen LogP contribution in [0.4, 0.5) is 0 Å². The highest BCUT2D eigenvalue weighted by molar-refractivity contribution is 6.29. The lowest BCUT2D eigenvalue weighted by Crippen LogP contribution is -2.47. The van der Waals surface area contributed by atoms with E-state index < -0.39 is 0 Å². The van der Waals surface area contributed by atoms with Crippen LogP contribution in [0.15, 0.2) is 16.5 Å². The number of hydrogen-bond donors (Lipinski definition) is 0. The summed E-state index contributed by atoms with van der Waals surface area (Å²) in [4.78, 5) is 15.9. The smallest absolute Gasteiger partial charge is 0.289 e. The molecule has 0 aromatic carbocycles. The Kier molecular flexibility index (Phi) is 2.98. The van der Waals surface area contributed by atoms with Crippen molar-refractivity contribution < 1.29 is 9.21 Å². The fourth-order valence-electron chi connectivity index (χ4n) is 1.59. The van der Waals surface area contributed by atoms with Crippen LogP contribution in [0.3, 0.4) is 0 Å². The van der Waals surface area contributed by atoms with Gasteiger partial charge in [-0.15, -0.1) is 0 Å². The summed E-state index contributed by atoms with van der Waals surface area (Å²) in [6.45, 7) is 3.29. The number of carbonyl (C=O) groups excluding carboxylic acids is 1. The fraction of sp³-hybridized carbons (Fsp3) is 0.500. The first-order valence-electron chi connectivity index (χ1n) is 4.90. The predicted octanol–water partition coefficient (Wildman–Crippen LogP) is 1.32. The van der Waals surface area contributed by atoms with E-state index in [1.54, 1.807) is 17.0 Å². The molecule has 1 aromatic heterocycles.